The van der Waals surface area contributed by atoms with Gasteiger partial charge in [-0.15, -0.1) is 0 Å². The van der Waals surface area contributed by atoms with Gasteiger partial charge in [-0.3, -0.25) is 0 Å². The van der Waals surface area contributed by atoms with E-state index >= 15 is 0 Å². The third-order valence-electron chi connectivity index (χ3n) is 3.68. The predicted octanol–water partition coefficient (Wildman–Crippen LogP) is 2.68. The number of hydrogen-bond acceptors (Lipinski definition) is 4. The molecule has 0 bridgehead atoms. The average Bonchev–Trinajstić information content (AvgIpc) is 2.76. The van der Waals surface area contributed by atoms with Crippen LogP contribution in [-0.2, 0) is 11.3 Å². The highest BCUT2D eigenvalue weighted by molar-refractivity contribution is 4.98. The number of nitrogens with zero attached hydrogens (tertiary/aromatic N) is 3. The van der Waals surface area contributed by atoms with Gasteiger partial charge in [0.2, 0.25) is 0 Å². The summed E-state index contributed by atoms with van der Waals surface area (Å²) in [6.45, 7) is 15.6. The van der Waals surface area contributed by atoms with Crippen LogP contribution in [0.25, 0.3) is 0 Å². The molecule has 1 N–H and O–H groups in total. The normalized spacial score (nSPS) is 25.1. The number of hydrogen-bond donors (Lipinski definition) is 1. The topological polar surface area (TPSA) is 52.0 Å². The molecule has 114 valence electrons. The first-order valence-corrected chi connectivity index (χ1v) is 7.34. The quantitative estimate of drug-likeness (QED) is 0.925. The summed E-state index contributed by atoms with van der Waals surface area (Å²) < 4.78 is 8.09. The Morgan fingerprint density at radius 3 is 2.50 bits per heavy atom. The van der Waals surface area contributed by atoms with Gasteiger partial charge in [0.05, 0.1) is 23.8 Å². The highest BCUT2D eigenvalue weighted by Crippen LogP contribution is 2.44. The summed E-state index contributed by atoms with van der Waals surface area (Å²) in [6, 6.07) is 0.230. The van der Waals surface area contributed by atoms with Crippen molar-refractivity contribution in [3.8, 4) is 0 Å². The van der Waals surface area contributed by atoms with E-state index in [1.165, 1.54) is 0 Å². The summed E-state index contributed by atoms with van der Waals surface area (Å²) in [6.07, 6.45) is 2.78. The Bertz CT molecular complexity index is 470. The molecule has 1 atom stereocenters. The summed E-state index contributed by atoms with van der Waals surface area (Å²) >= 11 is 0. The van der Waals surface area contributed by atoms with Gasteiger partial charge in [-0.2, -0.15) is 5.10 Å². The van der Waals surface area contributed by atoms with Crippen LogP contribution in [0.15, 0.2) is 6.33 Å². The molecule has 2 rings (SSSR count). The van der Waals surface area contributed by atoms with E-state index in [1.54, 1.807) is 0 Å². The van der Waals surface area contributed by atoms with Gasteiger partial charge in [-0.25, -0.2) is 9.67 Å². The second-order valence-electron chi connectivity index (χ2n) is 7.93. The van der Waals surface area contributed by atoms with Crippen molar-refractivity contribution < 1.29 is 4.74 Å². The number of ether oxygens (including phenoxy) is 1. The number of nitrogens with one attached hydrogen (secondary N) is 1. The Hall–Kier alpha value is -0.940. The minimum Gasteiger partial charge on any atom is -0.367 e. The van der Waals surface area contributed by atoms with Crippen molar-refractivity contribution in [3.63, 3.8) is 0 Å². The fraction of sp³-hybridized carbons (Fsp3) is 0.867. The Balaban J connectivity index is 2.09. The van der Waals surface area contributed by atoms with E-state index in [0.717, 1.165) is 12.2 Å². The predicted molar refractivity (Wildman–Crippen MR) is 79.5 cm³/mol. The SMILES string of the molecule is CC(C)(C)NCc1ncn(C2CC(C)(C)OC2(C)C)n1. The van der Waals surface area contributed by atoms with E-state index < -0.39 is 0 Å². The molecule has 1 fully saturated rings. The van der Waals surface area contributed by atoms with Gasteiger partial charge >= 0.3 is 0 Å². The van der Waals surface area contributed by atoms with Crippen LogP contribution in [0.5, 0.6) is 0 Å². The third-order valence-corrected chi connectivity index (χ3v) is 3.68. The van der Waals surface area contributed by atoms with Crippen molar-refractivity contribution in [3.05, 3.63) is 12.2 Å². The third kappa shape index (κ3) is 3.58. The molecule has 5 heteroatoms. The smallest absolute Gasteiger partial charge is 0.164 e. The molecule has 1 aromatic heterocycles. The molecule has 1 saturated heterocycles. The molecule has 0 aliphatic carbocycles. The Labute approximate surface area is 122 Å². The molecule has 0 aromatic carbocycles. The lowest BCUT2D eigenvalue weighted by Crippen LogP contribution is -2.35. The van der Waals surface area contributed by atoms with Gasteiger partial charge in [-0.05, 0) is 48.5 Å². The van der Waals surface area contributed by atoms with Crippen LogP contribution < -0.4 is 5.32 Å². The molecule has 1 aliphatic rings. The van der Waals surface area contributed by atoms with E-state index in [0.29, 0.717) is 6.54 Å². The first-order chi connectivity index (χ1) is 8.99. The molecule has 5 nitrogen and oxygen atoms in total. The lowest BCUT2D eigenvalue weighted by atomic mass is 9.95. The van der Waals surface area contributed by atoms with E-state index in [1.807, 2.05) is 11.0 Å². The summed E-state index contributed by atoms with van der Waals surface area (Å²) in [4.78, 5) is 4.41. The van der Waals surface area contributed by atoms with E-state index in [2.05, 4.69) is 63.9 Å². The van der Waals surface area contributed by atoms with Gasteiger partial charge < -0.3 is 10.1 Å². The minimum atomic E-state index is -0.216. The second-order valence-corrected chi connectivity index (χ2v) is 7.93. The van der Waals surface area contributed by atoms with Gasteiger partial charge in [-0.1, -0.05) is 0 Å². The van der Waals surface area contributed by atoms with Gasteiger partial charge in [0, 0.05) is 12.0 Å². The lowest BCUT2D eigenvalue weighted by Gasteiger charge is -2.27. The largest absolute Gasteiger partial charge is 0.367 e. The van der Waals surface area contributed by atoms with Crippen LogP contribution in [0.4, 0.5) is 0 Å². The monoisotopic (exact) mass is 280 g/mol. The molecule has 0 saturated carbocycles. The van der Waals surface area contributed by atoms with Gasteiger partial charge in [0.15, 0.2) is 5.82 Å². The van der Waals surface area contributed by atoms with Crippen molar-refractivity contribution in [2.24, 2.45) is 0 Å². The average molecular weight is 280 g/mol. The number of rotatable bonds is 3. The first-order valence-electron chi connectivity index (χ1n) is 7.34. The Morgan fingerprint density at radius 2 is 2.00 bits per heavy atom. The summed E-state index contributed by atoms with van der Waals surface area (Å²) in [5.41, 5.74) is -0.251. The molecule has 2 heterocycles. The molecule has 1 unspecified atom stereocenters. The Kier molecular flexibility index (Phi) is 3.71. The maximum Gasteiger partial charge on any atom is 0.164 e. The highest BCUT2D eigenvalue weighted by Gasteiger charge is 2.47. The number of aromatic nitrogens is 3. The summed E-state index contributed by atoms with van der Waals surface area (Å²) in [5, 5.41) is 8.03. The second kappa shape index (κ2) is 4.81. The minimum absolute atomic E-state index is 0.0726. The molecule has 1 aromatic rings. The molecule has 0 amide bonds. The highest BCUT2D eigenvalue weighted by atomic mass is 16.5. The van der Waals surface area contributed by atoms with Crippen LogP contribution in [0.2, 0.25) is 0 Å². The van der Waals surface area contributed by atoms with Crippen molar-refractivity contribution >= 4 is 0 Å². The van der Waals surface area contributed by atoms with Gasteiger partial charge in [0.25, 0.3) is 0 Å². The van der Waals surface area contributed by atoms with Crippen molar-refractivity contribution in [1.82, 2.24) is 20.1 Å². The zero-order valence-electron chi connectivity index (χ0n) is 13.8. The maximum absolute atomic E-state index is 6.12. The molecular formula is C15H28N4O. The fourth-order valence-corrected chi connectivity index (χ4v) is 2.83. The van der Waals surface area contributed by atoms with E-state index in [-0.39, 0.29) is 22.8 Å². The molecule has 1 aliphatic heterocycles. The summed E-state index contributed by atoms with van der Waals surface area (Å²) in [7, 11) is 0. The van der Waals surface area contributed by atoms with E-state index in [4.69, 9.17) is 4.74 Å². The standard InChI is InChI=1S/C15H28N4O/c1-13(2,3)17-9-12-16-10-19(18-12)11-8-14(4,5)20-15(11,6)7/h10-11,17H,8-9H2,1-7H3. The zero-order chi connectivity index (χ0) is 15.2. The van der Waals surface area contributed by atoms with Crippen molar-refractivity contribution in [2.45, 2.75) is 84.2 Å². The molecule has 0 spiro atoms. The van der Waals surface area contributed by atoms with Crippen molar-refractivity contribution in [1.29, 1.82) is 0 Å². The lowest BCUT2D eigenvalue weighted by molar-refractivity contribution is -0.0738. The molecule has 20 heavy (non-hydrogen) atoms. The van der Waals surface area contributed by atoms with Crippen LogP contribution in [0.1, 0.15) is 66.8 Å². The van der Waals surface area contributed by atoms with Gasteiger partial charge in [0.1, 0.15) is 6.33 Å². The van der Waals surface area contributed by atoms with Crippen LogP contribution in [0, 0.1) is 0 Å². The van der Waals surface area contributed by atoms with E-state index in [9.17, 15) is 0 Å². The van der Waals surface area contributed by atoms with Crippen molar-refractivity contribution in [2.75, 3.05) is 0 Å². The zero-order valence-corrected chi connectivity index (χ0v) is 13.8. The van der Waals surface area contributed by atoms with Crippen LogP contribution in [0.3, 0.4) is 0 Å². The molecular weight excluding hydrogens is 252 g/mol. The van der Waals surface area contributed by atoms with Crippen LogP contribution >= 0.6 is 0 Å². The first kappa shape index (κ1) is 15.4. The summed E-state index contributed by atoms with van der Waals surface area (Å²) in [5.74, 6) is 0.834. The van der Waals surface area contributed by atoms with Crippen LogP contribution in [-0.4, -0.2) is 31.5 Å². The maximum atomic E-state index is 6.12. The fourth-order valence-electron chi connectivity index (χ4n) is 2.83. The molecule has 0 radical (unpaired) electrons. The Morgan fingerprint density at radius 1 is 1.35 bits per heavy atom.